The summed E-state index contributed by atoms with van der Waals surface area (Å²) in [7, 11) is 0. The van der Waals surface area contributed by atoms with Crippen LogP contribution in [0.4, 0.5) is 27.7 Å². The molecule has 0 radical (unpaired) electrons. The number of nitrogens with one attached hydrogen (secondary N) is 3. The molecule has 0 aliphatic heterocycles. The van der Waals surface area contributed by atoms with Crippen LogP contribution in [0.3, 0.4) is 0 Å². The maximum atomic E-state index is 13.5. The number of amides is 4. The van der Waals surface area contributed by atoms with E-state index in [2.05, 4.69) is 21.0 Å². The van der Waals surface area contributed by atoms with E-state index in [1.54, 1.807) is 75.5 Å². The number of rotatable bonds is 9. The standard InChI is InChI=1S/C36H34N6O5/c1-36(2,3)42(35(46)47)29-23-41(28-17-11-6-12-18-28)40-31(29)39-32(43)25-21-19-24(20-22-25)30(33(44)37-26-13-7-4-8-14-26)34(45)38-27-15-9-5-10-16-27/h4-23,30H,1-3H3,(H,37,44)(H,38,45)(H,46,47)(H,39,40,43). The summed E-state index contributed by atoms with van der Waals surface area (Å²) in [5.41, 5.74) is 1.64. The Morgan fingerprint density at radius 2 is 1.19 bits per heavy atom. The van der Waals surface area contributed by atoms with Gasteiger partial charge >= 0.3 is 6.09 Å². The minimum Gasteiger partial charge on any atom is -0.465 e. The van der Waals surface area contributed by atoms with Gasteiger partial charge in [0.15, 0.2) is 5.82 Å². The molecule has 0 unspecified atom stereocenters. The van der Waals surface area contributed by atoms with Gasteiger partial charge in [-0.3, -0.25) is 19.3 Å². The molecule has 238 valence electrons. The topological polar surface area (TPSA) is 146 Å². The summed E-state index contributed by atoms with van der Waals surface area (Å²) in [6.45, 7) is 5.22. The molecule has 5 rings (SSSR count). The van der Waals surface area contributed by atoms with Crippen LogP contribution in [0.1, 0.15) is 42.6 Å². The Balaban J connectivity index is 1.43. The molecule has 0 atom stereocenters. The summed E-state index contributed by atoms with van der Waals surface area (Å²) in [5.74, 6) is -2.85. The summed E-state index contributed by atoms with van der Waals surface area (Å²) in [5, 5.41) is 22.9. The van der Waals surface area contributed by atoms with E-state index in [0.717, 1.165) is 4.90 Å². The molecule has 4 aromatic carbocycles. The molecule has 5 aromatic rings. The zero-order valence-electron chi connectivity index (χ0n) is 26.0. The second kappa shape index (κ2) is 13.8. The second-order valence-electron chi connectivity index (χ2n) is 11.7. The van der Waals surface area contributed by atoms with Crippen molar-refractivity contribution in [3.63, 3.8) is 0 Å². The van der Waals surface area contributed by atoms with Gasteiger partial charge in [-0.2, -0.15) is 0 Å². The maximum Gasteiger partial charge on any atom is 0.412 e. The van der Waals surface area contributed by atoms with Crippen molar-refractivity contribution in [1.82, 2.24) is 9.78 Å². The zero-order valence-corrected chi connectivity index (χ0v) is 26.0. The van der Waals surface area contributed by atoms with Crippen molar-refractivity contribution in [3.8, 4) is 5.69 Å². The van der Waals surface area contributed by atoms with Crippen molar-refractivity contribution in [2.75, 3.05) is 20.9 Å². The Hall–Kier alpha value is -6.23. The van der Waals surface area contributed by atoms with E-state index < -0.39 is 35.3 Å². The number of carbonyl (C=O) groups is 4. The van der Waals surface area contributed by atoms with E-state index in [1.165, 1.54) is 28.9 Å². The van der Waals surface area contributed by atoms with Gasteiger partial charge in [0.05, 0.1) is 11.9 Å². The number of carbonyl (C=O) groups excluding carboxylic acids is 3. The Kier molecular flexibility index (Phi) is 9.46. The third-order valence-corrected chi connectivity index (χ3v) is 7.16. The fourth-order valence-electron chi connectivity index (χ4n) is 4.98. The van der Waals surface area contributed by atoms with Gasteiger partial charge in [-0.15, -0.1) is 5.10 Å². The molecule has 0 saturated carbocycles. The average molecular weight is 631 g/mol. The fraction of sp³-hybridized carbons (Fsp3) is 0.139. The number of aromatic nitrogens is 2. The molecule has 0 fully saturated rings. The van der Waals surface area contributed by atoms with Crippen LogP contribution in [0.15, 0.2) is 121 Å². The Bertz CT molecular complexity index is 1820. The summed E-state index contributed by atoms with van der Waals surface area (Å²) < 4.78 is 1.50. The largest absolute Gasteiger partial charge is 0.465 e. The van der Waals surface area contributed by atoms with Crippen molar-refractivity contribution in [2.45, 2.75) is 32.2 Å². The van der Waals surface area contributed by atoms with E-state index in [9.17, 15) is 24.3 Å². The van der Waals surface area contributed by atoms with Crippen LogP contribution >= 0.6 is 0 Å². The van der Waals surface area contributed by atoms with Crippen molar-refractivity contribution in [3.05, 3.63) is 133 Å². The third-order valence-electron chi connectivity index (χ3n) is 7.16. The lowest BCUT2D eigenvalue weighted by molar-refractivity contribution is -0.126. The number of benzene rings is 4. The fourth-order valence-corrected chi connectivity index (χ4v) is 4.98. The smallest absolute Gasteiger partial charge is 0.412 e. The van der Waals surface area contributed by atoms with Crippen LogP contribution in [0, 0.1) is 0 Å². The first-order valence-electron chi connectivity index (χ1n) is 14.8. The molecule has 4 amide bonds. The zero-order chi connectivity index (χ0) is 33.6. The lowest BCUT2D eigenvalue weighted by Gasteiger charge is -2.32. The van der Waals surface area contributed by atoms with E-state index in [1.807, 2.05) is 42.5 Å². The number of para-hydroxylation sites is 3. The molecule has 0 bridgehead atoms. The van der Waals surface area contributed by atoms with Crippen molar-refractivity contribution >= 4 is 46.7 Å². The van der Waals surface area contributed by atoms with Gasteiger partial charge in [0.25, 0.3) is 5.91 Å². The molecule has 4 N–H and O–H groups in total. The van der Waals surface area contributed by atoms with Crippen LogP contribution in [-0.4, -0.2) is 44.2 Å². The number of nitrogens with zero attached hydrogens (tertiary/aromatic N) is 3. The van der Waals surface area contributed by atoms with Gasteiger partial charge in [-0.25, -0.2) is 9.48 Å². The van der Waals surface area contributed by atoms with E-state index in [4.69, 9.17) is 0 Å². The molecule has 0 aliphatic rings. The molecule has 1 aromatic heterocycles. The van der Waals surface area contributed by atoms with E-state index in [0.29, 0.717) is 22.6 Å². The van der Waals surface area contributed by atoms with Gasteiger partial charge in [0.1, 0.15) is 11.6 Å². The second-order valence-corrected chi connectivity index (χ2v) is 11.7. The van der Waals surface area contributed by atoms with Crippen LogP contribution in [0.5, 0.6) is 0 Å². The molecular formula is C36H34N6O5. The molecule has 11 nitrogen and oxygen atoms in total. The highest BCUT2D eigenvalue weighted by Crippen LogP contribution is 2.32. The van der Waals surface area contributed by atoms with Gasteiger partial charge in [-0.05, 0) is 74.9 Å². The summed E-state index contributed by atoms with van der Waals surface area (Å²) in [6, 6.07) is 32.8. The van der Waals surface area contributed by atoms with Crippen LogP contribution in [-0.2, 0) is 9.59 Å². The summed E-state index contributed by atoms with van der Waals surface area (Å²) in [6.07, 6.45) is 0.341. The van der Waals surface area contributed by atoms with E-state index >= 15 is 0 Å². The van der Waals surface area contributed by atoms with Gasteiger partial charge < -0.3 is 21.1 Å². The number of anilines is 4. The first kappa shape index (κ1) is 32.2. The lowest BCUT2D eigenvalue weighted by atomic mass is 9.95. The van der Waals surface area contributed by atoms with E-state index in [-0.39, 0.29) is 17.1 Å². The van der Waals surface area contributed by atoms with Crippen molar-refractivity contribution < 1.29 is 24.3 Å². The molecule has 47 heavy (non-hydrogen) atoms. The number of hydrogen-bond acceptors (Lipinski definition) is 5. The van der Waals surface area contributed by atoms with Crippen LogP contribution < -0.4 is 20.9 Å². The minimum atomic E-state index is -1.24. The highest BCUT2D eigenvalue weighted by atomic mass is 16.4. The lowest BCUT2D eigenvalue weighted by Crippen LogP contribution is -2.45. The Morgan fingerprint density at radius 3 is 1.66 bits per heavy atom. The first-order chi connectivity index (χ1) is 22.5. The number of carboxylic acid groups (broad SMARTS) is 1. The SMILES string of the molecule is CC(C)(C)N(C(=O)O)c1cn(-c2ccccc2)nc1NC(=O)c1ccc(C(C(=O)Nc2ccccc2)C(=O)Nc2ccccc2)cc1. The van der Waals surface area contributed by atoms with Gasteiger partial charge in [-0.1, -0.05) is 66.7 Å². The molecule has 11 heteroatoms. The minimum absolute atomic E-state index is 0.0441. The van der Waals surface area contributed by atoms with Crippen molar-refractivity contribution in [2.24, 2.45) is 0 Å². The van der Waals surface area contributed by atoms with Crippen LogP contribution in [0.25, 0.3) is 5.69 Å². The highest BCUT2D eigenvalue weighted by Gasteiger charge is 2.33. The molecule has 0 saturated heterocycles. The Labute approximate surface area is 271 Å². The van der Waals surface area contributed by atoms with Gasteiger partial charge in [0, 0.05) is 22.5 Å². The quantitative estimate of drug-likeness (QED) is 0.132. The summed E-state index contributed by atoms with van der Waals surface area (Å²) in [4.78, 5) is 53.9. The van der Waals surface area contributed by atoms with Gasteiger partial charge in [0.2, 0.25) is 11.8 Å². The first-order valence-corrected chi connectivity index (χ1v) is 14.8. The van der Waals surface area contributed by atoms with Crippen LogP contribution in [0.2, 0.25) is 0 Å². The highest BCUT2D eigenvalue weighted by molar-refractivity contribution is 6.15. The monoisotopic (exact) mass is 630 g/mol. The predicted octanol–water partition coefficient (Wildman–Crippen LogP) is 6.77. The average Bonchev–Trinajstić information content (AvgIpc) is 3.44. The molecule has 0 aliphatic carbocycles. The normalized spacial score (nSPS) is 11.1. The predicted molar refractivity (Wildman–Crippen MR) is 181 cm³/mol. The third kappa shape index (κ3) is 7.71. The van der Waals surface area contributed by atoms with Crippen molar-refractivity contribution in [1.29, 1.82) is 0 Å². The molecule has 0 spiro atoms. The number of hydrogen-bond donors (Lipinski definition) is 4. The Morgan fingerprint density at radius 1 is 0.702 bits per heavy atom. The maximum absolute atomic E-state index is 13.5. The summed E-state index contributed by atoms with van der Waals surface area (Å²) >= 11 is 0. The molecule has 1 heterocycles. The molecular weight excluding hydrogens is 596 g/mol.